The van der Waals surface area contributed by atoms with E-state index in [9.17, 15) is 9.90 Å². The highest BCUT2D eigenvalue weighted by atomic mass is 16.4. The Hall–Kier alpha value is -1.56. The average Bonchev–Trinajstić information content (AvgIpc) is 2.58. The molecule has 0 bridgehead atoms. The molecule has 0 spiro atoms. The minimum absolute atomic E-state index is 0.0294. The van der Waals surface area contributed by atoms with E-state index in [1.807, 2.05) is 6.20 Å². The van der Waals surface area contributed by atoms with Crippen LogP contribution in [0.2, 0.25) is 0 Å². The minimum Gasteiger partial charge on any atom is -0.465 e. The molecule has 3 N–H and O–H groups in total. The molecule has 0 aliphatic heterocycles. The van der Waals surface area contributed by atoms with Crippen LogP contribution >= 0.6 is 0 Å². The molecule has 0 radical (unpaired) electrons. The van der Waals surface area contributed by atoms with Gasteiger partial charge in [0.1, 0.15) is 0 Å². The fraction of sp³-hybridized carbons (Fsp3) is 0.600. The second-order valence-corrected chi connectivity index (χ2v) is 4.20. The van der Waals surface area contributed by atoms with Crippen LogP contribution in [0.5, 0.6) is 0 Å². The van der Waals surface area contributed by atoms with Gasteiger partial charge in [0.15, 0.2) is 0 Å². The van der Waals surface area contributed by atoms with Crippen LogP contribution in [0.4, 0.5) is 4.79 Å². The van der Waals surface area contributed by atoms with Gasteiger partial charge in [-0.2, -0.15) is 5.10 Å². The molecule has 16 heavy (non-hydrogen) atoms. The summed E-state index contributed by atoms with van der Waals surface area (Å²) < 4.78 is 1.79. The summed E-state index contributed by atoms with van der Waals surface area (Å²) in [4.78, 5) is 10.4. The van der Waals surface area contributed by atoms with E-state index in [0.29, 0.717) is 0 Å². The minimum atomic E-state index is -0.978. The second-order valence-electron chi connectivity index (χ2n) is 4.20. The Kier molecular flexibility index (Phi) is 2.82. The Morgan fingerprint density at radius 1 is 1.69 bits per heavy atom. The van der Waals surface area contributed by atoms with E-state index in [0.717, 1.165) is 18.4 Å². The third-order valence-corrected chi connectivity index (χ3v) is 2.92. The van der Waals surface area contributed by atoms with Crippen molar-refractivity contribution in [3.05, 3.63) is 18.0 Å². The normalized spacial score (nSPS) is 25.9. The molecule has 2 rings (SSSR count). The van der Waals surface area contributed by atoms with E-state index < -0.39 is 12.2 Å². The van der Waals surface area contributed by atoms with Gasteiger partial charge in [0.2, 0.25) is 0 Å². The molecule has 1 heterocycles. The van der Waals surface area contributed by atoms with E-state index in [2.05, 4.69) is 10.4 Å². The van der Waals surface area contributed by atoms with Gasteiger partial charge in [-0.1, -0.05) is 0 Å². The van der Waals surface area contributed by atoms with Crippen molar-refractivity contribution in [2.24, 2.45) is 0 Å². The number of aliphatic hydroxyl groups excluding tert-OH is 1. The Morgan fingerprint density at radius 3 is 2.88 bits per heavy atom. The number of aromatic nitrogens is 2. The molecular weight excluding hydrogens is 210 g/mol. The Balaban J connectivity index is 1.89. The van der Waals surface area contributed by atoms with E-state index in [-0.39, 0.29) is 12.1 Å². The predicted octanol–water partition coefficient (Wildman–Crippen LogP) is 0.908. The number of nitrogens with zero attached hydrogens (tertiary/aromatic N) is 2. The van der Waals surface area contributed by atoms with Gasteiger partial charge in [-0.15, -0.1) is 0 Å². The molecule has 6 nitrogen and oxygen atoms in total. The number of carbonyl (C=O) groups is 1. The molecule has 1 aromatic heterocycles. The molecule has 6 heteroatoms. The number of nitrogens with one attached hydrogen (secondary N) is 1. The summed E-state index contributed by atoms with van der Waals surface area (Å²) in [6.45, 7) is 1.69. The average molecular weight is 225 g/mol. The van der Waals surface area contributed by atoms with E-state index in [1.54, 1.807) is 17.8 Å². The lowest BCUT2D eigenvalue weighted by molar-refractivity contribution is 0.163. The smallest absolute Gasteiger partial charge is 0.404 e. The molecule has 1 aliphatic rings. The quantitative estimate of drug-likeness (QED) is 0.713. The highest BCUT2D eigenvalue weighted by molar-refractivity contribution is 5.65. The van der Waals surface area contributed by atoms with Crippen LogP contribution in [0.25, 0.3) is 0 Å². The molecular formula is C10H15N3O3. The number of carboxylic acid groups (broad SMARTS) is 1. The zero-order chi connectivity index (χ0) is 11.7. The van der Waals surface area contributed by atoms with Crippen LogP contribution < -0.4 is 5.32 Å². The SMILES string of the molecule is C[C@H](O)c1cnn(C2CC(NC(=O)O)C2)c1. The molecule has 1 atom stereocenters. The first-order chi connectivity index (χ1) is 7.56. The highest BCUT2D eigenvalue weighted by Crippen LogP contribution is 2.32. The van der Waals surface area contributed by atoms with Crippen molar-refractivity contribution in [3.8, 4) is 0 Å². The summed E-state index contributed by atoms with van der Waals surface area (Å²) >= 11 is 0. The molecule has 1 fully saturated rings. The molecule has 1 amide bonds. The van der Waals surface area contributed by atoms with Gasteiger partial charge >= 0.3 is 6.09 Å². The summed E-state index contributed by atoms with van der Waals surface area (Å²) in [6.07, 6.45) is 3.48. The van der Waals surface area contributed by atoms with Crippen LogP contribution in [0.15, 0.2) is 12.4 Å². The first-order valence-electron chi connectivity index (χ1n) is 5.28. The predicted molar refractivity (Wildman–Crippen MR) is 56.1 cm³/mol. The molecule has 1 aliphatic carbocycles. The largest absolute Gasteiger partial charge is 0.465 e. The van der Waals surface area contributed by atoms with Crippen LogP contribution in [-0.2, 0) is 0 Å². The molecule has 1 saturated carbocycles. The van der Waals surface area contributed by atoms with Gasteiger partial charge in [0, 0.05) is 17.8 Å². The van der Waals surface area contributed by atoms with Crippen LogP contribution in [0.3, 0.4) is 0 Å². The zero-order valence-corrected chi connectivity index (χ0v) is 9.00. The van der Waals surface area contributed by atoms with Crippen LogP contribution in [-0.4, -0.2) is 32.1 Å². The van der Waals surface area contributed by atoms with Crippen molar-refractivity contribution in [1.82, 2.24) is 15.1 Å². The van der Waals surface area contributed by atoms with E-state index in [1.165, 1.54) is 0 Å². The maximum Gasteiger partial charge on any atom is 0.404 e. The van der Waals surface area contributed by atoms with Crippen molar-refractivity contribution in [3.63, 3.8) is 0 Å². The van der Waals surface area contributed by atoms with Crippen LogP contribution in [0.1, 0.15) is 37.5 Å². The van der Waals surface area contributed by atoms with Gasteiger partial charge in [0.25, 0.3) is 0 Å². The lowest BCUT2D eigenvalue weighted by Crippen LogP contribution is -2.44. The molecule has 1 aromatic rings. The summed E-state index contributed by atoms with van der Waals surface area (Å²) in [5.41, 5.74) is 0.787. The first kappa shape index (κ1) is 10.9. The van der Waals surface area contributed by atoms with E-state index in [4.69, 9.17) is 5.11 Å². The van der Waals surface area contributed by atoms with Gasteiger partial charge in [-0.3, -0.25) is 4.68 Å². The molecule has 88 valence electrons. The zero-order valence-electron chi connectivity index (χ0n) is 9.00. The number of aliphatic hydroxyl groups is 1. The monoisotopic (exact) mass is 225 g/mol. The fourth-order valence-corrected chi connectivity index (χ4v) is 1.86. The Labute approximate surface area is 92.9 Å². The van der Waals surface area contributed by atoms with Crippen LogP contribution in [0, 0.1) is 0 Å². The Morgan fingerprint density at radius 2 is 2.38 bits per heavy atom. The molecule has 0 aromatic carbocycles. The van der Waals surface area contributed by atoms with Crippen molar-refractivity contribution >= 4 is 6.09 Å². The molecule has 0 unspecified atom stereocenters. The van der Waals surface area contributed by atoms with E-state index >= 15 is 0 Å². The van der Waals surface area contributed by atoms with Gasteiger partial charge < -0.3 is 15.5 Å². The highest BCUT2D eigenvalue weighted by Gasteiger charge is 2.32. The maximum atomic E-state index is 10.4. The van der Waals surface area contributed by atoms with Crippen molar-refractivity contribution in [2.75, 3.05) is 0 Å². The third-order valence-electron chi connectivity index (χ3n) is 2.92. The fourth-order valence-electron chi connectivity index (χ4n) is 1.86. The topological polar surface area (TPSA) is 87.4 Å². The standard InChI is InChI=1S/C10H15N3O3/c1-6(14)7-4-11-13(5-7)9-2-8(3-9)12-10(15)16/h4-6,8-9,12,14H,2-3H2,1H3,(H,15,16)/t6-,8?,9?/m0/s1. The third kappa shape index (κ3) is 2.16. The van der Waals surface area contributed by atoms with Gasteiger partial charge in [-0.05, 0) is 19.8 Å². The van der Waals surface area contributed by atoms with Crippen molar-refractivity contribution < 1.29 is 15.0 Å². The second kappa shape index (κ2) is 4.13. The van der Waals surface area contributed by atoms with Crippen molar-refractivity contribution in [1.29, 1.82) is 0 Å². The summed E-state index contributed by atoms with van der Waals surface area (Å²) in [7, 11) is 0. The lowest BCUT2D eigenvalue weighted by atomic mass is 9.87. The first-order valence-corrected chi connectivity index (χ1v) is 5.28. The van der Waals surface area contributed by atoms with Gasteiger partial charge in [-0.25, -0.2) is 4.79 Å². The lowest BCUT2D eigenvalue weighted by Gasteiger charge is -2.34. The Bertz CT molecular complexity index is 382. The van der Waals surface area contributed by atoms with Gasteiger partial charge in [0.05, 0.1) is 18.3 Å². The molecule has 0 saturated heterocycles. The summed E-state index contributed by atoms with van der Waals surface area (Å²) in [5, 5.41) is 24.4. The number of hydrogen-bond donors (Lipinski definition) is 3. The number of amides is 1. The number of hydrogen-bond acceptors (Lipinski definition) is 3. The number of rotatable bonds is 3. The van der Waals surface area contributed by atoms with Crippen molar-refractivity contribution in [2.45, 2.75) is 38.0 Å². The summed E-state index contributed by atoms with van der Waals surface area (Å²) in [6, 6.07) is 0.269. The maximum absolute atomic E-state index is 10.4. The summed E-state index contributed by atoms with van der Waals surface area (Å²) in [5.74, 6) is 0.